The van der Waals surface area contributed by atoms with Crippen molar-refractivity contribution in [2.45, 2.75) is 465 Å². The average Bonchev–Trinajstić information content (AvgIpc) is 0.836. The van der Waals surface area contributed by atoms with Crippen LogP contribution in [0.2, 0.25) is 54.4 Å². The van der Waals surface area contributed by atoms with Gasteiger partial charge in [0.15, 0.2) is 31.1 Å². The molecule has 109 heavy (non-hydrogen) atoms. The van der Waals surface area contributed by atoms with Gasteiger partial charge in [-0.05, 0) is 149 Å². The Labute approximate surface area is 677 Å². The summed E-state index contributed by atoms with van der Waals surface area (Å²) in [5, 5.41) is 0.184. The molecule has 0 heterocycles. The molecule has 6 atom stereocenters. The molecule has 0 fully saturated rings. The summed E-state index contributed by atoms with van der Waals surface area (Å²) in [7, 11) is -6.48. The molecule has 12 nitrogen and oxygen atoms in total. The molecule has 0 saturated heterocycles. The zero-order chi connectivity index (χ0) is 80.9. The summed E-state index contributed by atoms with van der Waals surface area (Å²) in [5.74, 6) is -0.865. The maximum Gasteiger partial charge on any atom is 0.509 e. The fourth-order valence-electron chi connectivity index (χ4n) is 14.1. The van der Waals surface area contributed by atoms with Crippen molar-refractivity contribution in [1.82, 2.24) is 9.80 Å². The van der Waals surface area contributed by atoms with Crippen molar-refractivity contribution in [1.29, 1.82) is 0 Å². The molecule has 0 aliphatic rings. The highest BCUT2D eigenvalue weighted by atomic mass is 28.4. The number of rotatable bonds is 68. The average molecular weight is 1580 g/mol. The summed E-state index contributed by atoms with van der Waals surface area (Å²) in [6, 6.07) is 19.2. The first kappa shape index (κ1) is 102. The van der Waals surface area contributed by atoms with E-state index >= 15 is 4.79 Å². The van der Waals surface area contributed by atoms with Gasteiger partial charge >= 0.3 is 18.1 Å². The predicted molar refractivity (Wildman–Crippen MR) is 472 cm³/mol. The maximum absolute atomic E-state index is 15.1. The van der Waals surface area contributed by atoms with Gasteiger partial charge in [0.2, 0.25) is 6.10 Å². The summed E-state index contributed by atoms with van der Waals surface area (Å²) in [5.41, 5.74) is 1.64. The van der Waals surface area contributed by atoms with E-state index in [0.717, 1.165) is 102 Å². The van der Waals surface area contributed by atoms with Gasteiger partial charge in [-0.25, -0.2) is 14.4 Å². The Morgan fingerprint density at radius 3 is 0.927 bits per heavy atom. The largest absolute Gasteiger partial charge is 0.509 e. The van der Waals surface area contributed by atoms with E-state index in [1.165, 1.54) is 193 Å². The van der Waals surface area contributed by atoms with E-state index in [9.17, 15) is 9.59 Å². The normalized spacial score (nSPS) is 14.4. The second-order valence-corrected chi connectivity index (χ2v) is 52.1. The van der Waals surface area contributed by atoms with E-state index in [1.807, 2.05) is 60.7 Å². The molecule has 0 aliphatic heterocycles. The van der Waals surface area contributed by atoms with Gasteiger partial charge in [-0.1, -0.05) is 363 Å². The molecular weight excluding hydrogens is 1400 g/mol. The Balaban J connectivity index is 2.66. The van der Waals surface area contributed by atoms with Gasteiger partial charge in [0.25, 0.3) is 0 Å². The number of esters is 2. The van der Waals surface area contributed by atoms with Crippen LogP contribution in [-0.2, 0) is 55.0 Å². The highest BCUT2D eigenvalue weighted by Gasteiger charge is 2.43. The maximum atomic E-state index is 15.1. The zero-order valence-corrected chi connectivity index (χ0v) is 78.1. The number of carbonyl (C=O) groups is 3. The summed E-state index contributed by atoms with van der Waals surface area (Å²) in [4.78, 5) is 49.0. The number of nitrogens with zero attached hydrogens (tertiary/aromatic N) is 2. The van der Waals surface area contributed by atoms with E-state index < -0.39 is 55.3 Å². The number of hydrogen-bond donors (Lipinski definition) is 0. The fraction of sp³-hybridized carbons (Fsp3) is 0.840. The molecule has 2 rings (SSSR count). The van der Waals surface area contributed by atoms with Crippen molar-refractivity contribution in [3.05, 3.63) is 71.8 Å². The summed E-state index contributed by atoms with van der Waals surface area (Å²) >= 11 is 0. The lowest BCUT2D eigenvalue weighted by molar-refractivity contribution is -0.175. The Kier molecular flexibility index (Phi) is 55.2. The first-order valence-electron chi connectivity index (χ1n) is 45.5. The van der Waals surface area contributed by atoms with Crippen LogP contribution in [0.3, 0.4) is 0 Å². The molecule has 0 aromatic heterocycles. The minimum absolute atomic E-state index is 0.0131. The Bertz CT molecular complexity index is 2480. The minimum atomic E-state index is -2.18. The first-order chi connectivity index (χ1) is 51.8. The van der Waals surface area contributed by atoms with Gasteiger partial charge < -0.3 is 37.1 Å². The van der Waals surface area contributed by atoms with Crippen LogP contribution in [0.5, 0.6) is 0 Å². The van der Waals surface area contributed by atoms with E-state index in [0.29, 0.717) is 18.8 Å². The molecule has 634 valence electrons. The number of ether oxygens (including phenoxy) is 4. The van der Waals surface area contributed by atoms with Crippen molar-refractivity contribution < 1.29 is 46.6 Å². The summed E-state index contributed by atoms with van der Waals surface area (Å²) in [6.45, 7) is 52.2. The van der Waals surface area contributed by atoms with E-state index in [1.54, 1.807) is 0 Å². The Hall–Kier alpha value is -2.90. The third kappa shape index (κ3) is 48.9. The first-order valence-corrected chi connectivity index (χ1v) is 54.3. The van der Waals surface area contributed by atoms with Crippen molar-refractivity contribution in [3.8, 4) is 0 Å². The highest BCUT2D eigenvalue weighted by Crippen LogP contribution is 2.41. The van der Waals surface area contributed by atoms with Crippen LogP contribution in [0, 0.1) is 5.92 Å². The number of benzene rings is 2. The van der Waals surface area contributed by atoms with Crippen molar-refractivity contribution in [3.63, 3.8) is 0 Å². The molecule has 0 spiro atoms. The molecule has 0 saturated carbocycles. The topological polar surface area (TPSA) is 122 Å². The van der Waals surface area contributed by atoms with Crippen LogP contribution >= 0.6 is 0 Å². The van der Waals surface area contributed by atoms with Crippen LogP contribution in [0.4, 0.5) is 4.79 Å². The summed E-state index contributed by atoms with van der Waals surface area (Å²) in [6.07, 6.45) is 45.1. The molecule has 6 unspecified atom stereocenters. The third-order valence-electron chi connectivity index (χ3n) is 24.3. The van der Waals surface area contributed by atoms with Crippen LogP contribution in [0.15, 0.2) is 60.7 Å². The molecular formula is C94H176N2O10Si3. The van der Waals surface area contributed by atoms with Crippen molar-refractivity contribution in [2.75, 3.05) is 39.3 Å². The predicted octanol–water partition coefficient (Wildman–Crippen LogP) is 28.2. The van der Waals surface area contributed by atoms with Crippen LogP contribution in [0.1, 0.15) is 378 Å². The van der Waals surface area contributed by atoms with Gasteiger partial charge in [0.1, 0.15) is 13.2 Å². The fourth-order valence-corrected chi connectivity index (χ4v) is 18.2. The third-order valence-corrected chi connectivity index (χ3v) is 37.9. The van der Waals surface area contributed by atoms with Crippen molar-refractivity contribution >= 4 is 43.0 Å². The molecule has 2 aromatic rings. The van der Waals surface area contributed by atoms with Gasteiger partial charge in [-0.3, -0.25) is 4.90 Å². The Morgan fingerprint density at radius 1 is 0.330 bits per heavy atom. The van der Waals surface area contributed by atoms with Crippen LogP contribution < -0.4 is 0 Å². The smallest absolute Gasteiger partial charge is 0.458 e. The van der Waals surface area contributed by atoms with Gasteiger partial charge in [-0.2, -0.15) is 0 Å². The lowest BCUT2D eigenvalue weighted by atomic mass is 10.00. The zero-order valence-electron chi connectivity index (χ0n) is 75.1. The molecule has 0 radical (unpaired) electrons. The van der Waals surface area contributed by atoms with Gasteiger partial charge in [-0.15, -0.1) is 0 Å². The molecule has 0 bridgehead atoms. The molecule has 0 aliphatic carbocycles. The monoisotopic (exact) mass is 1580 g/mol. The quantitative estimate of drug-likeness (QED) is 0.0271. The second kappa shape index (κ2) is 58.9. The Morgan fingerprint density at radius 2 is 0.606 bits per heavy atom. The standard InChI is InChI=1S/C94H176N2O10Si3/c1-21-25-29-33-37-41-45-51-63-81(5)75-95(76-84(104-107(15,16)92(6,7)8)68-56-46-42-38-34-30-26-22-2)73-61-60-72-88(103-91(99)101-80-83-66-54-50-55-67-83)90(98)102-87(89(97)100-79-82-64-52-49-53-65-82)71-59-62-74-96(77-85(105-108(17,18)93(9,10)11)69-57-47-43-39-35-31-27-23-3)78-86(106-109(19,20)94(12,13)14)70-58-48-44-40-36-32-28-24-4/h49-50,52-55,64-67,81,84-88H,21-48,51,56-63,68-80H2,1-20H3. The lowest BCUT2D eigenvalue weighted by Gasteiger charge is -2.42. The van der Waals surface area contributed by atoms with Crippen molar-refractivity contribution in [2.24, 2.45) is 5.92 Å². The number of hydrogen-bond acceptors (Lipinski definition) is 12. The molecule has 0 amide bonds. The van der Waals surface area contributed by atoms with Gasteiger partial charge in [0.05, 0.1) is 18.3 Å². The highest BCUT2D eigenvalue weighted by molar-refractivity contribution is 6.75. The SMILES string of the molecule is CCCCCCCCCCC(C)CN(CCCCC(OC(=O)OCc1ccccc1)C(=O)OC(CCCCN(CC(CCCCCCCCCC)O[Si](C)(C)C(C)(C)C)CC(CCCCCCCCCC)O[Si](C)(C)C(C)(C)C)C(=O)OCc1ccccc1)CC(CCCCCCCCCC)O[Si](C)(C)C(C)(C)C. The molecule has 0 N–H and O–H groups in total. The number of carbonyl (C=O) groups excluding carboxylic acids is 3. The second-order valence-electron chi connectivity index (χ2n) is 37.8. The minimum Gasteiger partial charge on any atom is -0.458 e. The lowest BCUT2D eigenvalue weighted by Crippen LogP contribution is -2.50. The summed E-state index contributed by atoms with van der Waals surface area (Å²) < 4.78 is 46.7. The molecule has 2 aromatic carbocycles. The van der Waals surface area contributed by atoms with E-state index in [2.05, 4.69) is 146 Å². The van der Waals surface area contributed by atoms with E-state index in [-0.39, 0.29) is 59.5 Å². The van der Waals surface area contributed by atoms with Gasteiger partial charge in [0, 0.05) is 26.2 Å². The van der Waals surface area contributed by atoms with Crippen LogP contribution in [-0.4, -0.2) is 123 Å². The number of unbranched alkanes of at least 4 members (excludes halogenated alkanes) is 30. The molecule has 15 heteroatoms. The van der Waals surface area contributed by atoms with E-state index in [4.69, 9.17) is 32.2 Å². The van der Waals surface area contributed by atoms with Crippen LogP contribution in [0.25, 0.3) is 0 Å².